The Bertz CT molecular complexity index is 767. The van der Waals surface area contributed by atoms with Gasteiger partial charge in [-0.25, -0.2) is 0 Å². The molecule has 1 aromatic carbocycles. The molecule has 5 heteroatoms. The van der Waals surface area contributed by atoms with Crippen LogP contribution >= 0.6 is 0 Å². The maximum Gasteiger partial charge on any atom is 0.222 e. The summed E-state index contributed by atoms with van der Waals surface area (Å²) in [6.07, 6.45) is 6.80. The van der Waals surface area contributed by atoms with E-state index in [-0.39, 0.29) is 23.5 Å². The van der Waals surface area contributed by atoms with E-state index in [0.717, 1.165) is 31.4 Å². The Hall–Kier alpha value is -2.14. The first-order chi connectivity index (χ1) is 13.8. The molecule has 0 heterocycles. The van der Waals surface area contributed by atoms with E-state index in [4.69, 9.17) is 0 Å². The van der Waals surface area contributed by atoms with E-state index in [1.54, 1.807) is 19.0 Å². The predicted molar refractivity (Wildman–Crippen MR) is 116 cm³/mol. The van der Waals surface area contributed by atoms with Gasteiger partial charge in [0.1, 0.15) is 0 Å². The molecule has 2 aliphatic rings. The third kappa shape index (κ3) is 4.89. The van der Waals surface area contributed by atoms with Crippen LogP contribution in [-0.4, -0.2) is 56.0 Å². The van der Waals surface area contributed by atoms with Crippen LogP contribution < -0.4 is 4.90 Å². The number of carbonyl (C=O) groups excluding carboxylic acids is 2. The number of rotatable bonds is 8. The minimum atomic E-state index is -0.554. The molecular weight excluding hydrogens is 364 g/mol. The van der Waals surface area contributed by atoms with Crippen molar-refractivity contribution in [3.63, 3.8) is 0 Å². The molecule has 0 saturated heterocycles. The number of fused-ring (bicyclic) bond motifs is 1. The Morgan fingerprint density at radius 1 is 1.07 bits per heavy atom. The van der Waals surface area contributed by atoms with Crippen molar-refractivity contribution in [1.29, 1.82) is 0 Å². The van der Waals surface area contributed by atoms with Crippen LogP contribution in [0.5, 0.6) is 0 Å². The Balaban J connectivity index is 1.57. The molecule has 0 aliphatic heterocycles. The Morgan fingerprint density at radius 2 is 1.76 bits per heavy atom. The number of unbranched alkanes of at least 4 members (excludes halogenated alkanes) is 1. The Labute approximate surface area is 174 Å². The van der Waals surface area contributed by atoms with Crippen molar-refractivity contribution in [3.8, 4) is 0 Å². The lowest BCUT2D eigenvalue weighted by Crippen LogP contribution is -2.28. The van der Waals surface area contributed by atoms with Crippen molar-refractivity contribution < 1.29 is 14.7 Å². The molecule has 1 aromatic rings. The number of nitrogens with zero attached hydrogens (tertiary/aromatic N) is 2. The number of anilines is 1. The summed E-state index contributed by atoms with van der Waals surface area (Å²) < 4.78 is 0. The molecule has 29 heavy (non-hydrogen) atoms. The van der Waals surface area contributed by atoms with Gasteiger partial charge in [-0.05, 0) is 68.2 Å². The molecule has 1 fully saturated rings. The molecule has 1 saturated carbocycles. The monoisotopic (exact) mass is 398 g/mol. The number of hydrogen-bond acceptors (Lipinski definition) is 4. The summed E-state index contributed by atoms with van der Waals surface area (Å²) in [7, 11) is 7.54. The van der Waals surface area contributed by atoms with Gasteiger partial charge < -0.3 is 14.9 Å². The highest BCUT2D eigenvalue weighted by molar-refractivity contribution is 5.99. The average Bonchev–Trinajstić information content (AvgIpc) is 3.20. The summed E-state index contributed by atoms with van der Waals surface area (Å²) in [6.45, 7) is 0. The second kappa shape index (κ2) is 9.12. The first-order valence-corrected chi connectivity index (χ1v) is 10.7. The number of allylic oxidation sites excluding steroid dienone is 2. The molecule has 0 spiro atoms. The lowest BCUT2D eigenvalue weighted by Gasteiger charge is -2.21. The summed E-state index contributed by atoms with van der Waals surface area (Å²) in [5.41, 5.74) is 3.14. The Morgan fingerprint density at radius 3 is 2.38 bits per heavy atom. The molecule has 1 N–H and O–H groups in total. The molecule has 158 valence electrons. The van der Waals surface area contributed by atoms with E-state index in [9.17, 15) is 14.7 Å². The number of benzene rings is 1. The molecule has 0 unspecified atom stereocenters. The zero-order chi connectivity index (χ0) is 21.1. The van der Waals surface area contributed by atoms with Crippen LogP contribution in [0.2, 0.25) is 0 Å². The molecule has 3 rings (SSSR count). The van der Waals surface area contributed by atoms with Crippen molar-refractivity contribution in [2.45, 2.75) is 44.6 Å². The standard InChI is InChI=1S/C24H34N2O3/c1-25(2)19-11-9-17(10-12-19)24(29)23-20-14-16(13-18(20)15-21(23)27)7-5-6-8-22(28)26(3)4/h9-13,18,20-21,23,27H,5-8,14-15H2,1-4H3/t18-,20-,21+,23+/m0/s1. The summed E-state index contributed by atoms with van der Waals surface area (Å²) in [5.74, 6) is 0.454. The number of ketones is 1. The van der Waals surface area contributed by atoms with Crippen LogP contribution in [0.25, 0.3) is 0 Å². The first-order valence-electron chi connectivity index (χ1n) is 10.7. The summed E-state index contributed by atoms with van der Waals surface area (Å²) in [6, 6.07) is 7.67. The first kappa shape index (κ1) is 21.6. The zero-order valence-electron chi connectivity index (χ0n) is 18.1. The van der Waals surface area contributed by atoms with Gasteiger partial charge in [-0.2, -0.15) is 0 Å². The van der Waals surface area contributed by atoms with Gasteiger partial charge in [0.25, 0.3) is 0 Å². The normalized spacial score (nSPS) is 25.5. The molecule has 0 radical (unpaired) electrons. The molecule has 1 amide bonds. The topological polar surface area (TPSA) is 60.9 Å². The molecule has 4 atom stereocenters. The molecule has 2 aliphatic carbocycles. The van der Waals surface area contributed by atoms with Gasteiger partial charge in [0.05, 0.1) is 12.0 Å². The van der Waals surface area contributed by atoms with Crippen molar-refractivity contribution in [1.82, 2.24) is 4.90 Å². The van der Waals surface area contributed by atoms with Gasteiger partial charge in [0.2, 0.25) is 5.91 Å². The lowest BCUT2D eigenvalue weighted by molar-refractivity contribution is -0.128. The highest BCUT2D eigenvalue weighted by Gasteiger charge is 2.47. The summed E-state index contributed by atoms with van der Waals surface area (Å²) >= 11 is 0. The third-order valence-corrected chi connectivity index (χ3v) is 6.50. The minimum Gasteiger partial charge on any atom is -0.392 e. The highest BCUT2D eigenvalue weighted by atomic mass is 16.3. The maximum atomic E-state index is 13.1. The number of carbonyl (C=O) groups is 2. The fraction of sp³-hybridized carbons (Fsp3) is 0.583. The van der Waals surface area contributed by atoms with Crippen LogP contribution in [0.4, 0.5) is 5.69 Å². The summed E-state index contributed by atoms with van der Waals surface area (Å²) in [5, 5.41) is 10.6. The van der Waals surface area contributed by atoms with Gasteiger partial charge in [-0.1, -0.05) is 11.6 Å². The average molecular weight is 399 g/mol. The Kier molecular flexibility index (Phi) is 6.78. The van der Waals surface area contributed by atoms with Gasteiger partial charge in [0.15, 0.2) is 5.78 Å². The fourth-order valence-electron chi connectivity index (χ4n) is 4.82. The van der Waals surface area contributed by atoms with Crippen LogP contribution in [0.3, 0.4) is 0 Å². The van der Waals surface area contributed by atoms with Crippen molar-refractivity contribution in [2.75, 3.05) is 33.1 Å². The van der Waals surface area contributed by atoms with E-state index >= 15 is 0 Å². The predicted octanol–water partition coefficient (Wildman–Crippen LogP) is 3.53. The molecule has 0 aromatic heterocycles. The van der Waals surface area contributed by atoms with Crippen molar-refractivity contribution in [2.24, 2.45) is 17.8 Å². The second-order valence-corrected chi connectivity index (χ2v) is 8.99. The van der Waals surface area contributed by atoms with Crippen molar-refractivity contribution in [3.05, 3.63) is 41.5 Å². The van der Waals surface area contributed by atoms with E-state index < -0.39 is 6.10 Å². The zero-order valence-corrected chi connectivity index (χ0v) is 18.1. The van der Waals surface area contributed by atoms with E-state index in [1.165, 1.54) is 5.57 Å². The number of Topliss-reactive ketones (excluding diaryl/α,β-unsaturated/α-hetero) is 1. The number of hydrogen-bond donors (Lipinski definition) is 1. The van der Waals surface area contributed by atoms with Crippen LogP contribution in [-0.2, 0) is 4.79 Å². The smallest absolute Gasteiger partial charge is 0.222 e. The van der Waals surface area contributed by atoms with Crippen LogP contribution in [0, 0.1) is 17.8 Å². The highest BCUT2D eigenvalue weighted by Crippen LogP contribution is 2.48. The van der Waals surface area contributed by atoms with Crippen LogP contribution in [0.1, 0.15) is 48.9 Å². The SMILES string of the molecule is CN(C)C(=O)CCCCC1=C[C@H]2C[C@@H](O)[C@H](C(=O)c3ccc(N(C)C)cc3)[C@H]2C1. The molecular formula is C24H34N2O3. The van der Waals surface area contributed by atoms with E-state index in [0.29, 0.717) is 24.3 Å². The third-order valence-electron chi connectivity index (χ3n) is 6.50. The maximum absolute atomic E-state index is 13.1. The largest absolute Gasteiger partial charge is 0.392 e. The van der Waals surface area contributed by atoms with Crippen LogP contribution in [0.15, 0.2) is 35.9 Å². The fourth-order valence-corrected chi connectivity index (χ4v) is 4.82. The minimum absolute atomic E-state index is 0.0709. The number of aliphatic hydroxyl groups is 1. The molecule has 0 bridgehead atoms. The second-order valence-electron chi connectivity index (χ2n) is 8.99. The number of aliphatic hydroxyl groups excluding tert-OH is 1. The van der Waals surface area contributed by atoms with Gasteiger partial charge in [-0.15, -0.1) is 0 Å². The lowest BCUT2D eigenvalue weighted by atomic mass is 9.83. The summed E-state index contributed by atoms with van der Waals surface area (Å²) in [4.78, 5) is 28.5. The number of amides is 1. The van der Waals surface area contributed by atoms with Gasteiger partial charge in [-0.3, -0.25) is 9.59 Å². The quantitative estimate of drug-likeness (QED) is 0.413. The van der Waals surface area contributed by atoms with Gasteiger partial charge in [0, 0.05) is 45.9 Å². The van der Waals surface area contributed by atoms with Crippen molar-refractivity contribution >= 4 is 17.4 Å². The molecule has 5 nitrogen and oxygen atoms in total. The van der Waals surface area contributed by atoms with Gasteiger partial charge >= 0.3 is 0 Å². The van der Waals surface area contributed by atoms with E-state index in [1.807, 2.05) is 43.3 Å². The van der Waals surface area contributed by atoms with E-state index in [2.05, 4.69) is 6.08 Å².